The number of aryl methyl sites for hydroxylation is 1. The highest BCUT2D eigenvalue weighted by Crippen LogP contribution is 2.12. The van der Waals surface area contributed by atoms with Gasteiger partial charge in [-0.15, -0.1) is 0 Å². The van der Waals surface area contributed by atoms with E-state index < -0.39 is 10.2 Å². The first-order valence-electron chi connectivity index (χ1n) is 7.06. The summed E-state index contributed by atoms with van der Waals surface area (Å²) < 4.78 is 23.6. The third-order valence-electron chi connectivity index (χ3n) is 3.66. The third-order valence-corrected chi connectivity index (χ3v) is 4.75. The Morgan fingerprint density at radius 3 is 2.43 bits per heavy atom. The van der Waals surface area contributed by atoms with Crippen LogP contribution in [0, 0.1) is 0 Å². The van der Waals surface area contributed by atoms with Gasteiger partial charge in [0.25, 0.3) is 10.2 Å². The molecule has 0 unspecified atom stereocenters. The van der Waals surface area contributed by atoms with E-state index in [0.29, 0.717) is 38.8 Å². The highest BCUT2D eigenvalue weighted by atomic mass is 32.2. The number of benzene rings is 1. The van der Waals surface area contributed by atoms with Crippen molar-refractivity contribution in [1.82, 2.24) is 9.62 Å². The van der Waals surface area contributed by atoms with Crippen LogP contribution in [0.1, 0.15) is 24.8 Å². The van der Waals surface area contributed by atoms with Gasteiger partial charge in [-0.25, -0.2) is 5.14 Å². The van der Waals surface area contributed by atoms with Crippen LogP contribution in [0.4, 0.5) is 0 Å². The molecule has 6 nitrogen and oxygen atoms in total. The average molecular weight is 311 g/mol. The van der Waals surface area contributed by atoms with Crippen LogP contribution in [0.15, 0.2) is 30.3 Å². The summed E-state index contributed by atoms with van der Waals surface area (Å²) in [6.07, 6.45) is 2.36. The second-order valence-electron chi connectivity index (χ2n) is 5.27. The van der Waals surface area contributed by atoms with E-state index in [4.69, 9.17) is 5.14 Å². The van der Waals surface area contributed by atoms with Crippen molar-refractivity contribution in [2.75, 3.05) is 13.1 Å². The van der Waals surface area contributed by atoms with Gasteiger partial charge in [0, 0.05) is 25.6 Å². The first-order valence-corrected chi connectivity index (χ1v) is 8.56. The minimum atomic E-state index is -3.60. The first kappa shape index (κ1) is 15.9. The van der Waals surface area contributed by atoms with Crippen LogP contribution in [0.2, 0.25) is 0 Å². The normalized spacial score (nSPS) is 17.6. The van der Waals surface area contributed by atoms with E-state index >= 15 is 0 Å². The molecule has 1 aromatic rings. The standard InChI is InChI=1S/C14H21N3O3S/c15-21(19,20)17-10-8-13(9-11-17)16-14(18)7-6-12-4-2-1-3-5-12/h1-5,13H,6-11H2,(H,16,18)(H2,15,19,20). The molecule has 21 heavy (non-hydrogen) atoms. The van der Waals surface area contributed by atoms with E-state index in [-0.39, 0.29) is 11.9 Å². The molecule has 1 heterocycles. The summed E-state index contributed by atoms with van der Waals surface area (Å²) in [5.74, 6) is 0.00732. The van der Waals surface area contributed by atoms with Crippen LogP contribution < -0.4 is 10.5 Å². The molecule has 0 aliphatic carbocycles. The van der Waals surface area contributed by atoms with Crippen molar-refractivity contribution in [2.45, 2.75) is 31.7 Å². The number of carbonyl (C=O) groups excluding carboxylic acids is 1. The predicted molar refractivity (Wildman–Crippen MR) is 80.6 cm³/mol. The maximum Gasteiger partial charge on any atom is 0.276 e. The van der Waals surface area contributed by atoms with Crippen molar-refractivity contribution in [3.05, 3.63) is 35.9 Å². The molecule has 2 rings (SSSR count). The van der Waals surface area contributed by atoms with E-state index in [1.807, 2.05) is 30.3 Å². The van der Waals surface area contributed by atoms with Crippen LogP contribution in [0.25, 0.3) is 0 Å². The molecule has 0 bridgehead atoms. The quantitative estimate of drug-likeness (QED) is 0.824. The zero-order valence-corrected chi connectivity index (χ0v) is 12.7. The summed E-state index contributed by atoms with van der Waals surface area (Å²) >= 11 is 0. The Morgan fingerprint density at radius 1 is 1.24 bits per heavy atom. The molecule has 1 fully saturated rings. The number of rotatable bonds is 5. The number of nitrogens with zero attached hydrogens (tertiary/aromatic N) is 1. The van der Waals surface area contributed by atoms with Crippen LogP contribution in [-0.4, -0.2) is 37.8 Å². The van der Waals surface area contributed by atoms with Crippen LogP contribution in [0.3, 0.4) is 0 Å². The van der Waals surface area contributed by atoms with Gasteiger partial charge in [-0.1, -0.05) is 30.3 Å². The number of nitrogens with two attached hydrogens (primary N) is 1. The zero-order chi connectivity index (χ0) is 15.3. The summed E-state index contributed by atoms with van der Waals surface area (Å²) in [6.45, 7) is 0.727. The fourth-order valence-corrected chi connectivity index (χ4v) is 3.18. The number of piperidine rings is 1. The third kappa shape index (κ3) is 5.11. The maximum atomic E-state index is 11.9. The molecule has 0 spiro atoms. The first-order chi connectivity index (χ1) is 9.95. The van der Waals surface area contributed by atoms with E-state index in [9.17, 15) is 13.2 Å². The second-order valence-corrected chi connectivity index (χ2v) is 6.82. The highest BCUT2D eigenvalue weighted by Gasteiger charge is 2.25. The smallest absolute Gasteiger partial charge is 0.276 e. The molecule has 0 atom stereocenters. The lowest BCUT2D eigenvalue weighted by molar-refractivity contribution is -0.122. The average Bonchev–Trinajstić information content (AvgIpc) is 2.46. The number of amides is 1. The predicted octanol–water partition coefficient (Wildman–Crippen LogP) is 0.403. The molecule has 0 saturated carbocycles. The second kappa shape index (κ2) is 7.02. The number of carbonyl (C=O) groups is 1. The maximum absolute atomic E-state index is 11.9. The van der Waals surface area contributed by atoms with Gasteiger partial charge >= 0.3 is 0 Å². The van der Waals surface area contributed by atoms with Crippen molar-refractivity contribution in [3.63, 3.8) is 0 Å². The Hall–Kier alpha value is -1.44. The number of hydrogen-bond donors (Lipinski definition) is 2. The summed E-state index contributed by atoms with van der Waals surface area (Å²) in [4.78, 5) is 11.9. The Morgan fingerprint density at radius 2 is 1.86 bits per heavy atom. The van der Waals surface area contributed by atoms with Gasteiger partial charge in [0.05, 0.1) is 0 Å². The molecular weight excluding hydrogens is 290 g/mol. The molecule has 0 aromatic heterocycles. The van der Waals surface area contributed by atoms with Crippen LogP contribution in [0.5, 0.6) is 0 Å². The van der Waals surface area contributed by atoms with Gasteiger partial charge < -0.3 is 5.32 Å². The fourth-order valence-electron chi connectivity index (χ4n) is 2.46. The van der Waals surface area contributed by atoms with Gasteiger partial charge in [0.15, 0.2) is 0 Å². The molecule has 1 aliphatic heterocycles. The van der Waals surface area contributed by atoms with Crippen LogP contribution in [-0.2, 0) is 21.4 Å². The molecular formula is C14H21N3O3S. The molecule has 7 heteroatoms. The lowest BCUT2D eigenvalue weighted by Crippen LogP contribution is -2.48. The summed E-state index contributed by atoms with van der Waals surface area (Å²) in [5, 5.41) is 8.04. The van der Waals surface area contributed by atoms with Crippen molar-refractivity contribution >= 4 is 16.1 Å². The largest absolute Gasteiger partial charge is 0.353 e. The Bertz CT molecular complexity index is 566. The van der Waals surface area contributed by atoms with Crippen molar-refractivity contribution in [3.8, 4) is 0 Å². The van der Waals surface area contributed by atoms with E-state index in [2.05, 4.69) is 5.32 Å². The molecule has 116 valence electrons. The topological polar surface area (TPSA) is 92.5 Å². The highest BCUT2D eigenvalue weighted by molar-refractivity contribution is 7.86. The Labute approximate surface area is 125 Å². The number of nitrogens with one attached hydrogen (secondary N) is 1. The number of hydrogen-bond acceptors (Lipinski definition) is 3. The SMILES string of the molecule is NS(=O)(=O)N1CCC(NC(=O)CCc2ccccc2)CC1. The van der Waals surface area contributed by atoms with Crippen molar-refractivity contribution in [2.24, 2.45) is 5.14 Å². The summed E-state index contributed by atoms with van der Waals surface area (Å²) in [7, 11) is -3.60. The van der Waals surface area contributed by atoms with Gasteiger partial charge in [0.2, 0.25) is 5.91 Å². The van der Waals surface area contributed by atoms with Gasteiger partial charge in [-0.2, -0.15) is 12.7 Å². The van der Waals surface area contributed by atoms with E-state index in [0.717, 1.165) is 5.56 Å². The van der Waals surface area contributed by atoms with Crippen LogP contribution >= 0.6 is 0 Å². The lowest BCUT2D eigenvalue weighted by Gasteiger charge is -2.30. The lowest BCUT2D eigenvalue weighted by atomic mass is 10.1. The van der Waals surface area contributed by atoms with Gasteiger partial charge in [-0.3, -0.25) is 4.79 Å². The molecule has 0 radical (unpaired) electrons. The fraction of sp³-hybridized carbons (Fsp3) is 0.500. The zero-order valence-electron chi connectivity index (χ0n) is 11.9. The van der Waals surface area contributed by atoms with Gasteiger partial charge in [0.1, 0.15) is 0 Å². The molecule has 1 saturated heterocycles. The van der Waals surface area contributed by atoms with E-state index in [1.165, 1.54) is 4.31 Å². The molecule has 1 aliphatic rings. The Balaban J connectivity index is 1.72. The Kier molecular flexibility index (Phi) is 5.33. The molecule has 1 amide bonds. The van der Waals surface area contributed by atoms with Crippen molar-refractivity contribution in [1.29, 1.82) is 0 Å². The van der Waals surface area contributed by atoms with E-state index in [1.54, 1.807) is 0 Å². The van der Waals surface area contributed by atoms with Crippen molar-refractivity contribution < 1.29 is 13.2 Å². The van der Waals surface area contributed by atoms with Gasteiger partial charge in [-0.05, 0) is 24.8 Å². The molecule has 1 aromatic carbocycles. The summed E-state index contributed by atoms with van der Waals surface area (Å²) in [6, 6.07) is 9.89. The minimum Gasteiger partial charge on any atom is -0.353 e. The molecule has 3 N–H and O–H groups in total. The minimum absolute atomic E-state index is 0.00732. The summed E-state index contributed by atoms with van der Waals surface area (Å²) in [5.41, 5.74) is 1.14. The monoisotopic (exact) mass is 311 g/mol.